The third-order valence-corrected chi connectivity index (χ3v) is 4.49. The summed E-state index contributed by atoms with van der Waals surface area (Å²) in [7, 11) is 1.65. The largest absolute Gasteiger partial charge is 0.497 e. The predicted molar refractivity (Wildman–Crippen MR) is 97.9 cm³/mol. The molecule has 130 valence electrons. The van der Waals surface area contributed by atoms with Gasteiger partial charge in [0.2, 0.25) is 0 Å². The second-order valence-electron chi connectivity index (χ2n) is 6.17. The van der Waals surface area contributed by atoms with Gasteiger partial charge in [0.05, 0.1) is 13.4 Å². The van der Waals surface area contributed by atoms with Gasteiger partial charge in [-0.3, -0.25) is 0 Å². The van der Waals surface area contributed by atoms with Gasteiger partial charge in [0, 0.05) is 5.92 Å². The maximum Gasteiger partial charge on any atom is 0.132 e. The molecule has 0 spiro atoms. The minimum Gasteiger partial charge on any atom is -0.497 e. The summed E-state index contributed by atoms with van der Waals surface area (Å²) in [4.78, 5) is 0. The monoisotopic (exact) mass is 328 g/mol. The molecule has 2 aromatic rings. The van der Waals surface area contributed by atoms with Gasteiger partial charge in [-0.15, -0.1) is 0 Å². The third-order valence-electron chi connectivity index (χ3n) is 4.49. The van der Waals surface area contributed by atoms with Gasteiger partial charge in [-0.05, 0) is 41.8 Å². The number of aliphatic hydroxyl groups is 1. The maximum atomic E-state index is 10.8. The van der Waals surface area contributed by atoms with Crippen molar-refractivity contribution >= 4 is 5.57 Å². The molecule has 24 heavy (non-hydrogen) atoms. The summed E-state index contributed by atoms with van der Waals surface area (Å²) in [6.45, 7) is 6.47. The maximum absolute atomic E-state index is 10.8. The smallest absolute Gasteiger partial charge is 0.132 e. The van der Waals surface area contributed by atoms with E-state index < -0.39 is 6.10 Å². The van der Waals surface area contributed by atoms with Crippen LogP contribution in [0, 0.1) is 5.92 Å². The Bertz CT molecular complexity index is 599. The Morgan fingerprint density at radius 3 is 2.50 bits per heavy atom. The van der Waals surface area contributed by atoms with Gasteiger partial charge in [-0.1, -0.05) is 51.3 Å². The van der Waals surface area contributed by atoms with Crippen LogP contribution in [-0.2, 0) is 0 Å². The Kier molecular flexibility index (Phi) is 7.13. The zero-order valence-corrected chi connectivity index (χ0v) is 14.7. The Labute approximate surface area is 145 Å². The summed E-state index contributed by atoms with van der Waals surface area (Å²) < 4.78 is 10.6. The SMILES string of the molecule is C=C(c1ccc(OC)cc1)[C@H](CCCCCC)[C@@H](O)c1ccco1. The van der Waals surface area contributed by atoms with E-state index in [1.807, 2.05) is 36.4 Å². The van der Waals surface area contributed by atoms with Crippen LogP contribution in [0.5, 0.6) is 5.75 Å². The van der Waals surface area contributed by atoms with Crippen molar-refractivity contribution in [2.24, 2.45) is 5.92 Å². The lowest BCUT2D eigenvalue weighted by Gasteiger charge is -2.24. The molecule has 1 aromatic carbocycles. The Morgan fingerprint density at radius 1 is 1.17 bits per heavy atom. The first kappa shape index (κ1) is 18.3. The van der Waals surface area contributed by atoms with Crippen LogP contribution in [-0.4, -0.2) is 12.2 Å². The van der Waals surface area contributed by atoms with E-state index in [-0.39, 0.29) is 5.92 Å². The lowest BCUT2D eigenvalue weighted by molar-refractivity contribution is 0.106. The number of methoxy groups -OCH3 is 1. The molecule has 0 saturated carbocycles. The molecule has 3 nitrogen and oxygen atoms in total. The number of aliphatic hydroxyl groups excluding tert-OH is 1. The highest BCUT2D eigenvalue weighted by Gasteiger charge is 2.26. The lowest BCUT2D eigenvalue weighted by atomic mass is 9.84. The van der Waals surface area contributed by atoms with Gasteiger partial charge in [0.15, 0.2) is 0 Å². The van der Waals surface area contributed by atoms with Gasteiger partial charge in [-0.2, -0.15) is 0 Å². The molecule has 1 N–H and O–H groups in total. The summed E-state index contributed by atoms with van der Waals surface area (Å²) in [6.07, 6.45) is 6.49. The number of hydrogen-bond acceptors (Lipinski definition) is 3. The van der Waals surface area contributed by atoms with Gasteiger partial charge in [0.25, 0.3) is 0 Å². The fraction of sp³-hybridized carbons (Fsp3) is 0.429. The Hall–Kier alpha value is -2.00. The number of hydrogen-bond donors (Lipinski definition) is 1. The Morgan fingerprint density at radius 2 is 1.92 bits per heavy atom. The molecule has 0 bridgehead atoms. The molecule has 0 amide bonds. The Balaban J connectivity index is 2.14. The van der Waals surface area contributed by atoms with Crippen LogP contribution in [0.15, 0.2) is 53.7 Å². The van der Waals surface area contributed by atoms with Crippen molar-refractivity contribution in [1.82, 2.24) is 0 Å². The van der Waals surface area contributed by atoms with Crippen LogP contribution in [0.1, 0.15) is 56.5 Å². The third kappa shape index (κ3) is 4.75. The highest BCUT2D eigenvalue weighted by molar-refractivity contribution is 5.66. The first-order valence-electron chi connectivity index (χ1n) is 8.72. The fourth-order valence-corrected chi connectivity index (χ4v) is 2.99. The standard InChI is InChI=1S/C21H28O3/c1-4-5-6-7-9-19(21(22)20-10-8-15-24-20)16(2)17-11-13-18(23-3)14-12-17/h8,10-15,19,21-22H,2,4-7,9H2,1,3H3/t19-,21+/m0/s1. The van der Waals surface area contributed by atoms with Crippen molar-refractivity contribution in [3.63, 3.8) is 0 Å². The molecule has 2 rings (SSSR count). The molecule has 0 aliphatic carbocycles. The molecule has 0 radical (unpaired) electrons. The fourth-order valence-electron chi connectivity index (χ4n) is 2.99. The van der Waals surface area contributed by atoms with Crippen LogP contribution in [0.2, 0.25) is 0 Å². The van der Waals surface area contributed by atoms with Crippen LogP contribution < -0.4 is 4.74 Å². The summed E-state index contributed by atoms with van der Waals surface area (Å²) in [5.41, 5.74) is 1.97. The first-order valence-corrected chi connectivity index (χ1v) is 8.72. The summed E-state index contributed by atoms with van der Waals surface area (Å²) in [5, 5.41) is 10.8. The van der Waals surface area contributed by atoms with E-state index in [2.05, 4.69) is 13.5 Å². The normalized spacial score (nSPS) is 13.5. The topological polar surface area (TPSA) is 42.6 Å². The van der Waals surface area contributed by atoms with E-state index in [1.165, 1.54) is 19.3 Å². The van der Waals surface area contributed by atoms with Crippen molar-refractivity contribution in [3.05, 3.63) is 60.6 Å². The van der Waals surface area contributed by atoms with Crippen LogP contribution in [0.4, 0.5) is 0 Å². The zero-order valence-electron chi connectivity index (χ0n) is 14.7. The molecule has 2 atom stereocenters. The molecule has 0 fully saturated rings. The first-order chi connectivity index (χ1) is 11.7. The summed E-state index contributed by atoms with van der Waals surface area (Å²) in [5.74, 6) is 1.36. The minimum atomic E-state index is -0.670. The van der Waals surface area contributed by atoms with Crippen molar-refractivity contribution in [1.29, 1.82) is 0 Å². The van der Waals surface area contributed by atoms with Crippen molar-refractivity contribution < 1.29 is 14.3 Å². The molecule has 1 aromatic heterocycles. The molecule has 0 aliphatic rings. The average Bonchev–Trinajstić information content (AvgIpc) is 3.15. The highest BCUT2D eigenvalue weighted by atomic mass is 16.5. The number of furan rings is 1. The second kappa shape index (κ2) is 9.33. The van der Waals surface area contributed by atoms with Crippen LogP contribution in [0.3, 0.4) is 0 Å². The van der Waals surface area contributed by atoms with E-state index >= 15 is 0 Å². The summed E-state index contributed by atoms with van der Waals surface area (Å²) >= 11 is 0. The predicted octanol–water partition coefficient (Wildman–Crippen LogP) is 5.62. The zero-order chi connectivity index (χ0) is 17.4. The van der Waals surface area contributed by atoms with E-state index in [1.54, 1.807) is 13.4 Å². The van der Waals surface area contributed by atoms with Gasteiger partial charge in [-0.25, -0.2) is 0 Å². The highest BCUT2D eigenvalue weighted by Crippen LogP contribution is 2.37. The van der Waals surface area contributed by atoms with Crippen molar-refractivity contribution in [2.45, 2.75) is 45.1 Å². The molecule has 0 unspecified atom stereocenters. The number of benzene rings is 1. The molecule has 1 heterocycles. The quantitative estimate of drug-likeness (QED) is 0.575. The van der Waals surface area contributed by atoms with Gasteiger partial charge in [0.1, 0.15) is 17.6 Å². The van der Waals surface area contributed by atoms with E-state index in [4.69, 9.17) is 9.15 Å². The average molecular weight is 328 g/mol. The lowest BCUT2D eigenvalue weighted by Crippen LogP contribution is -2.14. The number of unbranched alkanes of at least 4 members (excludes halogenated alkanes) is 3. The van der Waals surface area contributed by atoms with Gasteiger partial charge >= 0.3 is 0 Å². The molecule has 0 aliphatic heterocycles. The minimum absolute atomic E-state index is 0.0543. The molecular formula is C21H28O3. The van der Waals surface area contributed by atoms with Gasteiger partial charge < -0.3 is 14.3 Å². The van der Waals surface area contributed by atoms with E-state index in [9.17, 15) is 5.11 Å². The van der Waals surface area contributed by atoms with Crippen molar-refractivity contribution in [2.75, 3.05) is 7.11 Å². The van der Waals surface area contributed by atoms with E-state index in [0.29, 0.717) is 5.76 Å². The summed E-state index contributed by atoms with van der Waals surface area (Å²) in [6, 6.07) is 11.5. The van der Waals surface area contributed by atoms with Crippen molar-refractivity contribution in [3.8, 4) is 5.75 Å². The number of rotatable bonds is 10. The van der Waals surface area contributed by atoms with Crippen LogP contribution >= 0.6 is 0 Å². The van der Waals surface area contributed by atoms with Crippen LogP contribution in [0.25, 0.3) is 5.57 Å². The number of ether oxygens (including phenoxy) is 1. The second-order valence-corrected chi connectivity index (χ2v) is 6.17. The molecule has 3 heteroatoms. The molecule has 0 saturated heterocycles. The molecular weight excluding hydrogens is 300 g/mol. The van der Waals surface area contributed by atoms with E-state index in [0.717, 1.165) is 29.7 Å².